The van der Waals surface area contributed by atoms with Crippen LogP contribution in [0.2, 0.25) is 0 Å². The average molecular weight is 230 g/mol. The number of rotatable bonds is 1. The quantitative estimate of drug-likeness (QED) is 0.697. The number of dihydropyridines is 1. The second kappa shape index (κ2) is 4.03. The fourth-order valence-corrected chi connectivity index (χ4v) is 2.03. The van der Waals surface area contributed by atoms with Crippen LogP contribution in [-0.4, -0.2) is 10.7 Å². The van der Waals surface area contributed by atoms with E-state index in [0.717, 1.165) is 16.9 Å². The Morgan fingerprint density at radius 3 is 2.81 bits per heavy atom. The molecule has 0 radical (unpaired) electrons. The summed E-state index contributed by atoms with van der Waals surface area (Å²) in [5.74, 6) is 0.213. The van der Waals surface area contributed by atoms with Crippen molar-refractivity contribution in [2.75, 3.05) is 0 Å². The van der Waals surface area contributed by atoms with Gasteiger partial charge in [0.2, 0.25) is 0 Å². The monoisotopic (exact) mass is 230 g/mol. The van der Waals surface area contributed by atoms with Crippen molar-refractivity contribution in [1.29, 1.82) is 5.26 Å². The summed E-state index contributed by atoms with van der Waals surface area (Å²) in [6.45, 7) is 3.82. The molecule has 2 rings (SSSR count). The number of furan rings is 1. The molecule has 0 aliphatic carbocycles. The van der Waals surface area contributed by atoms with E-state index in [1.54, 1.807) is 12.3 Å². The van der Waals surface area contributed by atoms with Gasteiger partial charge in [-0.1, -0.05) is 12.2 Å². The molecule has 3 nitrogen and oxygen atoms in total. The highest BCUT2D eigenvalue weighted by molar-refractivity contribution is 7.80. The molecule has 0 fully saturated rings. The molecule has 1 aliphatic rings. The minimum Gasteiger partial charge on any atom is -0.465 e. The first-order valence-electron chi connectivity index (χ1n) is 4.89. The highest BCUT2D eigenvalue weighted by Gasteiger charge is 2.28. The molecule has 0 amide bonds. The lowest BCUT2D eigenvalue weighted by atomic mass is 9.89. The number of hydrogen-bond acceptors (Lipinski definition) is 3. The van der Waals surface area contributed by atoms with Crippen molar-refractivity contribution in [2.24, 2.45) is 10.9 Å². The van der Waals surface area contributed by atoms with Crippen molar-refractivity contribution in [3.8, 4) is 6.07 Å². The normalized spacial score (nSPS) is 20.7. The summed E-state index contributed by atoms with van der Waals surface area (Å²) in [6, 6.07) is 5.81. The topological polar surface area (TPSA) is 49.3 Å². The molecule has 0 saturated carbocycles. The van der Waals surface area contributed by atoms with Crippen LogP contribution in [0.3, 0.4) is 0 Å². The fourth-order valence-electron chi connectivity index (χ4n) is 1.73. The van der Waals surface area contributed by atoms with Crippen LogP contribution in [-0.2, 0) is 0 Å². The molecule has 0 bridgehead atoms. The molecule has 0 saturated heterocycles. The van der Waals surface area contributed by atoms with Gasteiger partial charge < -0.3 is 4.42 Å². The highest BCUT2D eigenvalue weighted by Crippen LogP contribution is 2.32. The van der Waals surface area contributed by atoms with Gasteiger partial charge in [-0.05, 0) is 31.6 Å². The number of nitrogens with zero attached hydrogens (tertiary/aromatic N) is 2. The van der Waals surface area contributed by atoms with Gasteiger partial charge in [-0.2, -0.15) is 5.26 Å². The molecule has 2 heterocycles. The van der Waals surface area contributed by atoms with Gasteiger partial charge in [0.25, 0.3) is 0 Å². The van der Waals surface area contributed by atoms with E-state index < -0.39 is 5.92 Å². The third-order valence-electron chi connectivity index (χ3n) is 2.68. The summed E-state index contributed by atoms with van der Waals surface area (Å²) in [7, 11) is 0. The van der Waals surface area contributed by atoms with Crippen molar-refractivity contribution in [1.82, 2.24) is 0 Å². The second-order valence-corrected chi connectivity index (χ2v) is 4.03. The maximum Gasteiger partial charge on any atom is 0.131 e. The predicted molar refractivity (Wildman–Crippen MR) is 66.1 cm³/mol. The molecule has 1 aliphatic heterocycles. The second-order valence-electron chi connectivity index (χ2n) is 3.61. The number of aliphatic imine (C=N–C) groups is 1. The van der Waals surface area contributed by atoms with Gasteiger partial charge in [-0.3, -0.25) is 0 Å². The van der Waals surface area contributed by atoms with Crippen LogP contribution in [0.5, 0.6) is 0 Å². The van der Waals surface area contributed by atoms with Crippen molar-refractivity contribution in [2.45, 2.75) is 13.8 Å². The van der Waals surface area contributed by atoms with Crippen LogP contribution in [0.15, 0.2) is 33.4 Å². The van der Waals surface area contributed by atoms with Crippen LogP contribution in [0.4, 0.5) is 0 Å². The first-order chi connectivity index (χ1) is 7.65. The maximum absolute atomic E-state index is 9.15. The summed E-state index contributed by atoms with van der Waals surface area (Å²) in [4.78, 5) is 4.62. The molecular weight excluding hydrogens is 220 g/mol. The zero-order chi connectivity index (χ0) is 11.7. The first kappa shape index (κ1) is 10.8. The number of hydrogen-bond donors (Lipinski definition) is 0. The molecule has 4 heteroatoms. The summed E-state index contributed by atoms with van der Waals surface area (Å²) >= 11 is 5.12. The minimum atomic E-state index is -0.482. The van der Waals surface area contributed by atoms with E-state index in [1.807, 2.05) is 19.9 Å². The van der Waals surface area contributed by atoms with Gasteiger partial charge in [-0.15, -0.1) is 0 Å². The van der Waals surface area contributed by atoms with E-state index in [-0.39, 0.29) is 0 Å². The molecular formula is C12H10N2OS. The lowest BCUT2D eigenvalue weighted by molar-refractivity contribution is 0.549. The van der Waals surface area contributed by atoms with Crippen LogP contribution < -0.4 is 0 Å². The van der Waals surface area contributed by atoms with Gasteiger partial charge >= 0.3 is 0 Å². The van der Waals surface area contributed by atoms with Crippen molar-refractivity contribution < 1.29 is 4.42 Å². The van der Waals surface area contributed by atoms with Crippen LogP contribution in [0.1, 0.15) is 19.6 Å². The lowest BCUT2D eigenvalue weighted by Gasteiger charge is -2.19. The molecule has 1 aromatic heterocycles. The van der Waals surface area contributed by atoms with E-state index in [1.165, 1.54) is 0 Å². The minimum absolute atomic E-state index is 0.414. The lowest BCUT2D eigenvalue weighted by Crippen LogP contribution is -2.20. The van der Waals surface area contributed by atoms with E-state index in [2.05, 4.69) is 11.1 Å². The Morgan fingerprint density at radius 2 is 2.25 bits per heavy atom. The van der Waals surface area contributed by atoms with E-state index >= 15 is 0 Å². The Morgan fingerprint density at radius 1 is 1.50 bits per heavy atom. The number of nitriles is 1. The van der Waals surface area contributed by atoms with Crippen LogP contribution in [0.25, 0.3) is 5.57 Å². The van der Waals surface area contributed by atoms with Gasteiger partial charge in [0.1, 0.15) is 16.7 Å². The molecule has 0 aromatic carbocycles. The Labute approximate surface area is 99.1 Å². The molecule has 0 N–H and O–H groups in total. The van der Waals surface area contributed by atoms with Gasteiger partial charge in [0.15, 0.2) is 0 Å². The summed E-state index contributed by atoms with van der Waals surface area (Å²) in [5.41, 5.74) is 2.66. The zero-order valence-corrected chi connectivity index (χ0v) is 9.84. The average Bonchev–Trinajstić information content (AvgIpc) is 2.76. The molecule has 16 heavy (non-hydrogen) atoms. The van der Waals surface area contributed by atoms with Crippen molar-refractivity contribution >= 4 is 28.5 Å². The third kappa shape index (κ3) is 1.59. The standard InChI is InChI=1S/C12H10N2OS/c1-7-8(2)14-12(16)9(6-13)11(7)10-4-3-5-15-10/h3-5,9H,1-2H3. The fraction of sp³-hybridized carbons (Fsp3) is 0.250. The van der Waals surface area contributed by atoms with E-state index in [4.69, 9.17) is 21.9 Å². The maximum atomic E-state index is 9.15. The summed E-state index contributed by atoms with van der Waals surface area (Å²) < 4.78 is 5.35. The first-order valence-corrected chi connectivity index (χ1v) is 5.29. The summed E-state index contributed by atoms with van der Waals surface area (Å²) in [6.07, 6.45) is 1.59. The zero-order valence-electron chi connectivity index (χ0n) is 9.02. The molecule has 1 unspecified atom stereocenters. The van der Waals surface area contributed by atoms with Crippen LogP contribution in [0, 0.1) is 17.2 Å². The molecule has 0 spiro atoms. The van der Waals surface area contributed by atoms with Gasteiger partial charge in [-0.25, -0.2) is 4.99 Å². The number of allylic oxidation sites excluding steroid dienone is 1. The van der Waals surface area contributed by atoms with Gasteiger partial charge in [0, 0.05) is 11.3 Å². The number of thiocarbonyl (C=S) groups is 1. The third-order valence-corrected chi connectivity index (χ3v) is 3.00. The smallest absolute Gasteiger partial charge is 0.131 e. The van der Waals surface area contributed by atoms with E-state index in [0.29, 0.717) is 10.7 Å². The Bertz CT molecular complexity index is 532. The molecule has 1 aromatic rings. The van der Waals surface area contributed by atoms with Crippen molar-refractivity contribution in [3.63, 3.8) is 0 Å². The largest absolute Gasteiger partial charge is 0.465 e. The van der Waals surface area contributed by atoms with E-state index in [9.17, 15) is 0 Å². The SMILES string of the molecule is CC1=NC(=S)C(C#N)C(c2ccco2)=C1C. The summed E-state index contributed by atoms with van der Waals surface area (Å²) in [5, 5.41) is 9.15. The highest BCUT2D eigenvalue weighted by atomic mass is 32.1. The van der Waals surface area contributed by atoms with Crippen LogP contribution >= 0.6 is 12.2 Å². The predicted octanol–water partition coefficient (Wildman–Crippen LogP) is 2.99. The Balaban J connectivity index is 2.62. The Hall–Kier alpha value is -1.73. The molecule has 80 valence electrons. The Kier molecular flexibility index (Phi) is 2.71. The van der Waals surface area contributed by atoms with Crippen molar-refractivity contribution in [3.05, 3.63) is 29.7 Å². The van der Waals surface area contributed by atoms with Gasteiger partial charge in [0.05, 0.1) is 12.3 Å². The molecule has 1 atom stereocenters.